The predicted octanol–water partition coefficient (Wildman–Crippen LogP) is 6.11. The Morgan fingerprint density at radius 3 is 2.27 bits per heavy atom. The first-order valence-electron chi connectivity index (χ1n) is 9.64. The molecule has 0 aliphatic heterocycles. The number of para-hydroxylation sites is 1. The van der Waals surface area contributed by atoms with Gasteiger partial charge in [-0.25, -0.2) is 0 Å². The van der Waals surface area contributed by atoms with Gasteiger partial charge in [-0.05, 0) is 53.6 Å². The first-order chi connectivity index (χ1) is 13.8. The van der Waals surface area contributed by atoms with Crippen LogP contribution in [-0.2, 0) is 6.42 Å². The summed E-state index contributed by atoms with van der Waals surface area (Å²) in [5, 5.41) is 3.51. The second-order valence-electron chi connectivity index (χ2n) is 7.41. The topological polar surface area (TPSA) is 44.2 Å². The van der Waals surface area contributed by atoms with E-state index in [0.717, 1.165) is 28.8 Å². The smallest absolute Gasteiger partial charge is 0.161 e. The molecule has 2 aromatic heterocycles. The summed E-state index contributed by atoms with van der Waals surface area (Å²) in [6, 6.07) is 14.6. The molecule has 1 fully saturated rings. The van der Waals surface area contributed by atoms with Crippen molar-refractivity contribution in [2.75, 3.05) is 14.2 Å². The van der Waals surface area contributed by atoms with Crippen LogP contribution in [0.25, 0.3) is 21.7 Å². The van der Waals surface area contributed by atoms with Crippen LogP contribution in [0.1, 0.15) is 35.6 Å². The van der Waals surface area contributed by atoms with Gasteiger partial charge in [0, 0.05) is 35.5 Å². The van der Waals surface area contributed by atoms with Crippen LogP contribution in [0.3, 0.4) is 0 Å². The summed E-state index contributed by atoms with van der Waals surface area (Å²) in [6.07, 6.45) is 7.19. The molecular weight excluding hydrogens is 419 g/mol. The van der Waals surface area contributed by atoms with Gasteiger partial charge in [-0.2, -0.15) is 0 Å². The molecule has 30 heavy (non-hydrogen) atoms. The number of hydrogen-bond donors (Lipinski definition) is 0. The minimum absolute atomic E-state index is 0. The largest absolute Gasteiger partial charge is 0.493 e. The van der Waals surface area contributed by atoms with Gasteiger partial charge in [0.15, 0.2) is 11.5 Å². The van der Waals surface area contributed by atoms with E-state index in [9.17, 15) is 0 Å². The van der Waals surface area contributed by atoms with E-state index in [1.54, 1.807) is 14.2 Å². The van der Waals surface area contributed by atoms with Gasteiger partial charge in [0.05, 0.1) is 25.4 Å². The number of pyridine rings is 2. The maximum atomic E-state index is 5.57. The molecule has 0 radical (unpaired) electrons. The monoisotopic (exact) mass is 442 g/mol. The standard InChI is InChI=1S/C24H22N2O2.2ClH/c1-27-22-11-19-18(10-15-9-17-5-3-4-6-21(17)25-13-15)14-26-24(16-7-8-16)20(19)12-23(22)28-2;;/h3-6,9,11-14,16H,7-8,10H2,1-2H3;2*1H. The minimum Gasteiger partial charge on any atom is -0.493 e. The van der Waals surface area contributed by atoms with E-state index in [1.807, 2.05) is 30.6 Å². The van der Waals surface area contributed by atoms with Crippen molar-refractivity contribution in [3.05, 3.63) is 71.7 Å². The first-order valence-corrected chi connectivity index (χ1v) is 9.64. The molecule has 1 aliphatic rings. The Hall–Kier alpha value is -2.56. The second-order valence-corrected chi connectivity index (χ2v) is 7.41. The molecule has 2 aromatic carbocycles. The Kier molecular flexibility index (Phi) is 6.69. The van der Waals surface area contributed by atoms with Crippen molar-refractivity contribution in [3.63, 3.8) is 0 Å². The first kappa shape index (κ1) is 22.1. The normalized spacial score (nSPS) is 12.9. The number of hydrogen-bond acceptors (Lipinski definition) is 4. The van der Waals surface area contributed by atoms with Gasteiger partial charge in [0.25, 0.3) is 0 Å². The molecule has 156 valence electrons. The Balaban J connectivity index is 0.00000128. The van der Waals surface area contributed by atoms with Gasteiger partial charge in [-0.15, -0.1) is 24.8 Å². The summed E-state index contributed by atoms with van der Waals surface area (Å²) in [6.45, 7) is 0. The van der Waals surface area contributed by atoms with E-state index in [4.69, 9.17) is 14.5 Å². The molecule has 1 aliphatic carbocycles. The maximum absolute atomic E-state index is 5.57. The fourth-order valence-electron chi connectivity index (χ4n) is 3.90. The third-order valence-corrected chi connectivity index (χ3v) is 5.51. The van der Waals surface area contributed by atoms with Crippen LogP contribution >= 0.6 is 24.8 Å². The van der Waals surface area contributed by atoms with E-state index in [-0.39, 0.29) is 24.8 Å². The van der Waals surface area contributed by atoms with Gasteiger partial charge in [-0.1, -0.05) is 18.2 Å². The third kappa shape index (κ3) is 4.03. The lowest BCUT2D eigenvalue weighted by molar-refractivity contribution is 0.356. The van der Waals surface area contributed by atoms with Crippen molar-refractivity contribution in [2.45, 2.75) is 25.2 Å². The van der Waals surface area contributed by atoms with E-state index in [2.05, 4.69) is 29.2 Å². The zero-order valence-electron chi connectivity index (χ0n) is 16.9. The van der Waals surface area contributed by atoms with Gasteiger partial charge >= 0.3 is 0 Å². The maximum Gasteiger partial charge on any atom is 0.161 e. The number of rotatable bonds is 5. The average Bonchev–Trinajstić information content (AvgIpc) is 3.58. The Labute approximate surface area is 188 Å². The molecule has 0 spiro atoms. The van der Waals surface area contributed by atoms with Crippen molar-refractivity contribution in [1.29, 1.82) is 0 Å². The lowest BCUT2D eigenvalue weighted by Crippen LogP contribution is -1.99. The fourth-order valence-corrected chi connectivity index (χ4v) is 3.90. The molecule has 0 atom stereocenters. The lowest BCUT2D eigenvalue weighted by Gasteiger charge is -2.14. The van der Waals surface area contributed by atoms with Gasteiger partial charge in [0.2, 0.25) is 0 Å². The second kappa shape index (κ2) is 9.07. The Bertz CT molecular complexity index is 1190. The quantitative estimate of drug-likeness (QED) is 0.373. The molecule has 0 N–H and O–H groups in total. The van der Waals surface area contributed by atoms with E-state index in [1.165, 1.54) is 40.4 Å². The van der Waals surface area contributed by atoms with Crippen LogP contribution in [-0.4, -0.2) is 24.2 Å². The highest BCUT2D eigenvalue weighted by Crippen LogP contribution is 2.44. The number of aromatic nitrogens is 2. The summed E-state index contributed by atoms with van der Waals surface area (Å²) in [5.74, 6) is 2.07. The molecule has 4 aromatic rings. The number of fused-ring (bicyclic) bond motifs is 2. The number of halogens is 2. The predicted molar refractivity (Wildman–Crippen MR) is 126 cm³/mol. The van der Waals surface area contributed by atoms with Crippen molar-refractivity contribution in [1.82, 2.24) is 9.97 Å². The number of ether oxygens (including phenoxy) is 2. The van der Waals surface area contributed by atoms with E-state index >= 15 is 0 Å². The van der Waals surface area contributed by atoms with Crippen LogP contribution in [0.2, 0.25) is 0 Å². The zero-order valence-corrected chi connectivity index (χ0v) is 18.6. The molecule has 1 saturated carbocycles. The van der Waals surface area contributed by atoms with Crippen molar-refractivity contribution < 1.29 is 9.47 Å². The zero-order chi connectivity index (χ0) is 19.1. The third-order valence-electron chi connectivity index (χ3n) is 5.51. The number of methoxy groups -OCH3 is 2. The van der Waals surface area contributed by atoms with Crippen LogP contribution < -0.4 is 9.47 Å². The summed E-state index contributed by atoms with van der Waals surface area (Å²) < 4.78 is 11.1. The fraction of sp³-hybridized carbons (Fsp3) is 0.250. The van der Waals surface area contributed by atoms with Crippen LogP contribution in [0, 0.1) is 0 Å². The number of nitrogens with zero attached hydrogens (tertiary/aromatic N) is 2. The van der Waals surface area contributed by atoms with Gasteiger partial charge < -0.3 is 9.47 Å². The van der Waals surface area contributed by atoms with Gasteiger partial charge in [0.1, 0.15) is 0 Å². The molecular formula is C24H24Cl2N2O2. The molecule has 0 bridgehead atoms. The molecule has 2 heterocycles. The van der Waals surface area contributed by atoms with E-state index in [0.29, 0.717) is 5.92 Å². The Morgan fingerprint density at radius 1 is 0.867 bits per heavy atom. The summed E-state index contributed by atoms with van der Waals surface area (Å²) in [7, 11) is 3.36. The molecule has 6 heteroatoms. The molecule has 0 amide bonds. The van der Waals surface area contributed by atoms with Crippen LogP contribution in [0.4, 0.5) is 0 Å². The Morgan fingerprint density at radius 2 is 1.57 bits per heavy atom. The number of benzene rings is 2. The highest BCUT2D eigenvalue weighted by molar-refractivity contribution is 5.91. The molecule has 0 saturated heterocycles. The minimum atomic E-state index is 0. The SMILES string of the molecule is COc1cc2c(Cc3cnc4ccccc4c3)cnc(C3CC3)c2cc1OC.Cl.Cl. The van der Waals surface area contributed by atoms with Crippen LogP contribution in [0.5, 0.6) is 11.5 Å². The van der Waals surface area contributed by atoms with Gasteiger partial charge in [-0.3, -0.25) is 9.97 Å². The molecule has 4 nitrogen and oxygen atoms in total. The van der Waals surface area contributed by atoms with Crippen LogP contribution in [0.15, 0.2) is 54.9 Å². The average molecular weight is 443 g/mol. The summed E-state index contributed by atoms with van der Waals surface area (Å²) >= 11 is 0. The van der Waals surface area contributed by atoms with E-state index < -0.39 is 0 Å². The highest BCUT2D eigenvalue weighted by Gasteiger charge is 2.28. The van der Waals surface area contributed by atoms with Crippen molar-refractivity contribution in [3.8, 4) is 11.5 Å². The van der Waals surface area contributed by atoms with Crippen molar-refractivity contribution in [2.24, 2.45) is 0 Å². The lowest BCUT2D eigenvalue weighted by atomic mass is 9.97. The molecule has 0 unspecified atom stereocenters. The molecule has 5 rings (SSSR count). The highest BCUT2D eigenvalue weighted by atomic mass is 35.5. The summed E-state index contributed by atoms with van der Waals surface area (Å²) in [5.41, 5.74) is 4.55. The summed E-state index contributed by atoms with van der Waals surface area (Å²) in [4.78, 5) is 9.45. The van der Waals surface area contributed by atoms with Crippen molar-refractivity contribution >= 4 is 46.5 Å².